The fraction of sp³-hybridized carbons (Fsp3) is 0.129. The first-order valence-corrected chi connectivity index (χ1v) is 12.0. The van der Waals surface area contributed by atoms with E-state index in [9.17, 15) is 14.7 Å². The SMILES string of the molecule is N#Cc1ccc(C(=O)N[C@H](Cc2ccc(OCc3ccccc3)c(OCc3ccccc3)c2)C(=O)O)cc1. The van der Waals surface area contributed by atoms with E-state index in [1.54, 1.807) is 18.2 Å². The van der Waals surface area contributed by atoms with Crippen molar-refractivity contribution in [2.45, 2.75) is 25.7 Å². The molecule has 1 atom stereocenters. The Hall–Kier alpha value is -5.09. The lowest BCUT2D eigenvalue weighted by Crippen LogP contribution is -2.42. The highest BCUT2D eigenvalue weighted by Gasteiger charge is 2.22. The molecule has 7 nitrogen and oxygen atoms in total. The number of rotatable bonds is 11. The van der Waals surface area contributed by atoms with Gasteiger partial charge in [-0.25, -0.2) is 4.79 Å². The molecule has 0 bridgehead atoms. The van der Waals surface area contributed by atoms with Crippen LogP contribution in [0.1, 0.15) is 32.6 Å². The summed E-state index contributed by atoms with van der Waals surface area (Å²) < 4.78 is 12.1. The van der Waals surface area contributed by atoms with Gasteiger partial charge in [0.2, 0.25) is 0 Å². The lowest BCUT2D eigenvalue weighted by Gasteiger charge is -2.17. The molecule has 190 valence electrons. The minimum atomic E-state index is -1.17. The average molecular weight is 507 g/mol. The lowest BCUT2D eigenvalue weighted by molar-refractivity contribution is -0.139. The van der Waals surface area contributed by atoms with Crippen LogP contribution in [0.5, 0.6) is 11.5 Å². The number of aliphatic carboxylic acids is 1. The first-order chi connectivity index (χ1) is 18.5. The maximum absolute atomic E-state index is 12.6. The molecule has 0 fully saturated rings. The van der Waals surface area contributed by atoms with Crippen molar-refractivity contribution in [3.8, 4) is 17.6 Å². The van der Waals surface area contributed by atoms with Crippen molar-refractivity contribution in [2.24, 2.45) is 0 Å². The number of nitriles is 1. The van der Waals surface area contributed by atoms with Crippen molar-refractivity contribution < 1.29 is 24.2 Å². The standard InChI is InChI=1S/C31H26N2O5/c32-19-22-11-14-26(15-12-22)30(34)33-27(31(35)36)17-25-13-16-28(37-20-23-7-3-1-4-8-23)29(18-25)38-21-24-9-5-2-6-10-24/h1-16,18,27H,17,20-21H2,(H,33,34)(H,35,36)/t27-/m1/s1. The molecular weight excluding hydrogens is 480 g/mol. The van der Waals surface area contributed by atoms with Gasteiger partial charge in [-0.05, 0) is 53.1 Å². The Balaban J connectivity index is 1.51. The largest absolute Gasteiger partial charge is 0.485 e. The molecule has 0 aromatic heterocycles. The number of carbonyl (C=O) groups excluding carboxylic acids is 1. The molecule has 0 saturated heterocycles. The van der Waals surface area contributed by atoms with Gasteiger partial charge in [0.1, 0.15) is 19.3 Å². The average Bonchev–Trinajstić information content (AvgIpc) is 2.96. The molecule has 7 heteroatoms. The number of hydrogen-bond acceptors (Lipinski definition) is 5. The fourth-order valence-corrected chi connectivity index (χ4v) is 3.76. The highest BCUT2D eigenvalue weighted by atomic mass is 16.5. The number of nitrogens with zero attached hydrogens (tertiary/aromatic N) is 1. The molecule has 0 saturated carbocycles. The molecule has 0 aliphatic heterocycles. The van der Waals surface area contributed by atoms with E-state index in [-0.39, 0.29) is 12.0 Å². The molecule has 4 aromatic carbocycles. The van der Waals surface area contributed by atoms with Gasteiger partial charge >= 0.3 is 5.97 Å². The quantitative estimate of drug-likeness (QED) is 0.292. The van der Waals surface area contributed by atoms with Crippen LogP contribution in [0.3, 0.4) is 0 Å². The Kier molecular flexibility index (Phi) is 8.72. The summed E-state index contributed by atoms with van der Waals surface area (Å²) in [7, 11) is 0. The normalized spacial score (nSPS) is 11.1. The van der Waals surface area contributed by atoms with Crippen molar-refractivity contribution in [3.05, 3.63) is 131 Å². The maximum Gasteiger partial charge on any atom is 0.326 e. The molecule has 4 rings (SSSR count). The fourth-order valence-electron chi connectivity index (χ4n) is 3.76. The van der Waals surface area contributed by atoms with Crippen LogP contribution in [0.25, 0.3) is 0 Å². The van der Waals surface area contributed by atoms with E-state index in [1.165, 1.54) is 24.3 Å². The van der Waals surface area contributed by atoms with Gasteiger partial charge in [0.15, 0.2) is 11.5 Å². The van der Waals surface area contributed by atoms with Gasteiger partial charge in [-0.3, -0.25) is 4.79 Å². The van der Waals surface area contributed by atoms with Crippen LogP contribution in [0.4, 0.5) is 0 Å². The first-order valence-electron chi connectivity index (χ1n) is 12.0. The van der Waals surface area contributed by atoms with Gasteiger partial charge in [0.25, 0.3) is 5.91 Å². The zero-order valence-corrected chi connectivity index (χ0v) is 20.5. The van der Waals surface area contributed by atoms with Crippen LogP contribution in [-0.4, -0.2) is 23.0 Å². The number of nitrogens with one attached hydrogen (secondary N) is 1. The molecular formula is C31H26N2O5. The predicted molar refractivity (Wildman–Crippen MR) is 142 cm³/mol. The molecule has 0 unspecified atom stereocenters. The van der Waals surface area contributed by atoms with Crippen molar-refractivity contribution >= 4 is 11.9 Å². The van der Waals surface area contributed by atoms with Gasteiger partial charge in [0, 0.05) is 12.0 Å². The van der Waals surface area contributed by atoms with E-state index in [0.717, 1.165) is 11.1 Å². The minimum absolute atomic E-state index is 0.0397. The second kappa shape index (κ2) is 12.7. The number of carbonyl (C=O) groups is 2. The smallest absolute Gasteiger partial charge is 0.326 e. The Labute approximate surface area is 220 Å². The molecule has 0 spiro atoms. The summed E-state index contributed by atoms with van der Waals surface area (Å²) in [6.45, 7) is 0.657. The minimum Gasteiger partial charge on any atom is -0.485 e. The van der Waals surface area contributed by atoms with Gasteiger partial charge in [-0.15, -0.1) is 0 Å². The van der Waals surface area contributed by atoms with E-state index in [2.05, 4.69) is 5.32 Å². The van der Waals surface area contributed by atoms with Gasteiger partial charge in [-0.2, -0.15) is 5.26 Å². The van der Waals surface area contributed by atoms with Crippen LogP contribution in [-0.2, 0) is 24.4 Å². The third kappa shape index (κ3) is 7.21. The molecule has 38 heavy (non-hydrogen) atoms. The monoisotopic (exact) mass is 506 g/mol. The van der Waals surface area contributed by atoms with Crippen LogP contribution >= 0.6 is 0 Å². The summed E-state index contributed by atoms with van der Waals surface area (Å²) in [5.41, 5.74) is 3.32. The highest BCUT2D eigenvalue weighted by Crippen LogP contribution is 2.30. The molecule has 4 aromatic rings. The topological polar surface area (TPSA) is 109 Å². The predicted octanol–water partition coefficient (Wildman–Crippen LogP) is 5.14. The Morgan fingerprint density at radius 3 is 1.89 bits per heavy atom. The number of carboxylic acid groups (broad SMARTS) is 1. The number of ether oxygens (including phenoxy) is 2. The number of amides is 1. The third-order valence-electron chi connectivity index (χ3n) is 5.80. The van der Waals surface area contributed by atoms with E-state index in [4.69, 9.17) is 14.7 Å². The molecule has 2 N–H and O–H groups in total. The van der Waals surface area contributed by atoms with E-state index < -0.39 is 17.9 Å². The molecule has 0 radical (unpaired) electrons. The van der Waals surface area contributed by atoms with Crippen molar-refractivity contribution in [1.29, 1.82) is 5.26 Å². The van der Waals surface area contributed by atoms with Crippen molar-refractivity contribution in [2.75, 3.05) is 0 Å². The summed E-state index contributed by atoms with van der Waals surface area (Å²) in [4.78, 5) is 24.6. The molecule has 0 heterocycles. The summed E-state index contributed by atoms with van der Waals surface area (Å²) in [6.07, 6.45) is 0.0397. The number of benzene rings is 4. The summed E-state index contributed by atoms with van der Waals surface area (Å²) in [5.74, 6) is -0.694. The van der Waals surface area contributed by atoms with Gasteiger partial charge in [0.05, 0.1) is 11.6 Å². The third-order valence-corrected chi connectivity index (χ3v) is 5.80. The molecule has 1 amide bonds. The van der Waals surface area contributed by atoms with Crippen LogP contribution in [0.2, 0.25) is 0 Å². The van der Waals surface area contributed by atoms with Gasteiger partial charge < -0.3 is 19.9 Å². The Bertz CT molecular complexity index is 1410. The zero-order valence-electron chi connectivity index (χ0n) is 20.5. The summed E-state index contributed by atoms with van der Waals surface area (Å²) >= 11 is 0. The van der Waals surface area contributed by atoms with E-state index in [0.29, 0.717) is 35.8 Å². The van der Waals surface area contributed by atoms with E-state index in [1.807, 2.05) is 66.7 Å². The molecule has 0 aliphatic carbocycles. The second-order valence-corrected chi connectivity index (χ2v) is 8.59. The summed E-state index contributed by atoms with van der Waals surface area (Å²) in [5, 5.41) is 21.3. The zero-order chi connectivity index (χ0) is 26.7. The van der Waals surface area contributed by atoms with Crippen molar-refractivity contribution in [3.63, 3.8) is 0 Å². The van der Waals surface area contributed by atoms with E-state index >= 15 is 0 Å². The number of carboxylic acids is 1. The number of hydrogen-bond donors (Lipinski definition) is 2. The summed E-state index contributed by atoms with van der Waals surface area (Å²) in [6, 6.07) is 31.5. The maximum atomic E-state index is 12.6. The Morgan fingerprint density at radius 2 is 1.34 bits per heavy atom. The van der Waals surface area contributed by atoms with Crippen molar-refractivity contribution in [1.82, 2.24) is 5.32 Å². The van der Waals surface area contributed by atoms with Crippen LogP contribution in [0.15, 0.2) is 103 Å². The first kappa shape index (κ1) is 26.0. The Morgan fingerprint density at radius 1 is 0.763 bits per heavy atom. The van der Waals surface area contributed by atoms with Crippen LogP contribution in [0, 0.1) is 11.3 Å². The highest BCUT2D eigenvalue weighted by molar-refractivity contribution is 5.96. The van der Waals surface area contributed by atoms with Gasteiger partial charge in [-0.1, -0.05) is 66.7 Å². The second-order valence-electron chi connectivity index (χ2n) is 8.59. The molecule has 0 aliphatic rings. The lowest BCUT2D eigenvalue weighted by atomic mass is 10.0. The van der Waals surface area contributed by atoms with Crippen LogP contribution < -0.4 is 14.8 Å².